The summed E-state index contributed by atoms with van der Waals surface area (Å²) in [7, 11) is 0. The molecule has 0 bridgehead atoms. The summed E-state index contributed by atoms with van der Waals surface area (Å²) in [4.78, 5) is 27.6. The number of rotatable bonds is 4. The normalized spacial score (nSPS) is 10.8. The monoisotopic (exact) mass is 393 g/mol. The maximum atomic E-state index is 11.4. The Labute approximate surface area is 165 Å². The van der Waals surface area contributed by atoms with Gasteiger partial charge in [-0.15, -0.1) is 0 Å². The van der Waals surface area contributed by atoms with Gasteiger partial charge in [0, 0.05) is 36.6 Å². The van der Waals surface area contributed by atoms with Crippen molar-refractivity contribution < 1.29 is 9.21 Å². The van der Waals surface area contributed by atoms with E-state index in [1.54, 1.807) is 30.7 Å². The number of nitrogens with one attached hydrogen (secondary N) is 2. The molecule has 0 aliphatic rings. The zero-order valence-corrected chi connectivity index (χ0v) is 15.9. The van der Waals surface area contributed by atoms with Gasteiger partial charge >= 0.3 is 0 Å². The molecule has 8 heteroatoms. The summed E-state index contributed by atoms with van der Waals surface area (Å²) in [6.45, 7) is 3.32. The number of hydrogen-bond donors (Lipinski definition) is 2. The first-order valence-electron chi connectivity index (χ1n) is 8.53. The highest BCUT2D eigenvalue weighted by molar-refractivity contribution is 6.33. The number of pyridine rings is 1. The van der Waals surface area contributed by atoms with Gasteiger partial charge in [0.1, 0.15) is 11.5 Å². The van der Waals surface area contributed by atoms with E-state index in [1.165, 1.54) is 6.92 Å². The number of anilines is 1. The third kappa shape index (κ3) is 3.39. The molecule has 0 aliphatic carbocycles. The molecule has 0 aliphatic heterocycles. The van der Waals surface area contributed by atoms with Crippen molar-refractivity contribution in [2.24, 2.45) is 0 Å². The van der Waals surface area contributed by atoms with Crippen LogP contribution in [0.1, 0.15) is 12.5 Å². The van der Waals surface area contributed by atoms with Crippen molar-refractivity contribution in [3.63, 3.8) is 0 Å². The third-order valence-electron chi connectivity index (χ3n) is 4.11. The number of imidazole rings is 1. The zero-order valence-electron chi connectivity index (χ0n) is 15.2. The van der Waals surface area contributed by atoms with Gasteiger partial charge in [-0.3, -0.25) is 4.79 Å². The second kappa shape index (κ2) is 7.28. The lowest BCUT2D eigenvalue weighted by molar-refractivity contribution is -0.114. The summed E-state index contributed by atoms with van der Waals surface area (Å²) >= 11 is 6.39. The lowest BCUT2D eigenvalue weighted by atomic mass is 10.1. The summed E-state index contributed by atoms with van der Waals surface area (Å²) in [6, 6.07) is 9.13. The Morgan fingerprint density at radius 2 is 2.04 bits per heavy atom. The number of carbonyl (C=O) groups excluding carboxylic acids is 1. The van der Waals surface area contributed by atoms with Crippen LogP contribution in [0.5, 0.6) is 0 Å². The molecule has 0 saturated carbocycles. The van der Waals surface area contributed by atoms with E-state index < -0.39 is 0 Å². The number of carbonyl (C=O) groups is 1. The van der Waals surface area contributed by atoms with E-state index in [0.717, 1.165) is 11.1 Å². The Kier molecular flexibility index (Phi) is 4.67. The van der Waals surface area contributed by atoms with E-state index in [1.807, 2.05) is 25.1 Å². The number of H-pyrrole nitrogens is 1. The highest BCUT2D eigenvalue weighted by Gasteiger charge is 2.22. The Morgan fingerprint density at radius 1 is 1.21 bits per heavy atom. The summed E-state index contributed by atoms with van der Waals surface area (Å²) < 4.78 is 6.09. The maximum absolute atomic E-state index is 11.4. The first-order chi connectivity index (χ1) is 13.5. The van der Waals surface area contributed by atoms with Gasteiger partial charge in [-0.05, 0) is 24.6 Å². The molecule has 2 N–H and O–H groups in total. The second-order valence-corrected chi connectivity index (χ2v) is 6.59. The molecule has 3 heterocycles. The van der Waals surface area contributed by atoms with Gasteiger partial charge in [0.2, 0.25) is 11.8 Å². The first-order valence-corrected chi connectivity index (χ1v) is 8.91. The molecule has 0 atom stereocenters. The van der Waals surface area contributed by atoms with Gasteiger partial charge in [-0.1, -0.05) is 29.8 Å². The van der Waals surface area contributed by atoms with Crippen molar-refractivity contribution in [1.82, 2.24) is 19.9 Å². The van der Waals surface area contributed by atoms with Crippen LogP contribution in [0.15, 0.2) is 53.3 Å². The van der Waals surface area contributed by atoms with Crippen molar-refractivity contribution in [1.29, 1.82) is 0 Å². The first kappa shape index (κ1) is 17.9. The van der Waals surface area contributed by atoms with E-state index in [9.17, 15) is 4.79 Å². The summed E-state index contributed by atoms with van der Waals surface area (Å²) in [5.74, 6) is 1.62. The average Bonchev–Trinajstić information content (AvgIpc) is 3.32. The highest BCUT2D eigenvalue weighted by Crippen LogP contribution is 2.38. The fraction of sp³-hybridized carbons (Fsp3) is 0.100. The summed E-state index contributed by atoms with van der Waals surface area (Å²) in [5, 5.41) is 3.23. The molecular weight excluding hydrogens is 378 g/mol. The van der Waals surface area contributed by atoms with Crippen LogP contribution in [0.4, 0.5) is 5.82 Å². The van der Waals surface area contributed by atoms with Gasteiger partial charge in [0.05, 0.1) is 5.02 Å². The van der Waals surface area contributed by atoms with Crippen molar-refractivity contribution in [3.8, 4) is 34.3 Å². The number of benzene rings is 1. The minimum atomic E-state index is -0.206. The Morgan fingerprint density at radius 3 is 2.75 bits per heavy atom. The lowest BCUT2D eigenvalue weighted by Crippen LogP contribution is -2.07. The van der Waals surface area contributed by atoms with Gasteiger partial charge in [0.25, 0.3) is 0 Å². The quantitative estimate of drug-likeness (QED) is 0.523. The summed E-state index contributed by atoms with van der Waals surface area (Å²) in [5.41, 5.74) is 2.88. The van der Waals surface area contributed by atoms with Crippen LogP contribution in [-0.2, 0) is 4.79 Å². The van der Waals surface area contributed by atoms with Crippen LogP contribution < -0.4 is 5.32 Å². The molecule has 28 heavy (non-hydrogen) atoms. The van der Waals surface area contributed by atoms with Gasteiger partial charge in [-0.25, -0.2) is 15.0 Å². The van der Waals surface area contributed by atoms with Gasteiger partial charge in [0.15, 0.2) is 11.6 Å². The number of halogens is 1. The lowest BCUT2D eigenvalue weighted by Gasteiger charge is -2.05. The molecule has 7 nitrogen and oxygen atoms in total. The summed E-state index contributed by atoms with van der Waals surface area (Å²) in [6.07, 6.45) is 5.01. The molecule has 1 aromatic carbocycles. The number of amides is 1. The van der Waals surface area contributed by atoms with Crippen LogP contribution in [0.25, 0.3) is 34.3 Å². The highest BCUT2D eigenvalue weighted by atomic mass is 35.5. The number of aromatic nitrogens is 4. The SMILES string of the molecule is CC(=O)Nc1cc(-c2nc(-c3ccccc3Cl)c(-c3ncc[nH]3)o2)c(C)cn1. The van der Waals surface area contributed by atoms with Crippen molar-refractivity contribution in [2.75, 3.05) is 5.32 Å². The molecule has 0 spiro atoms. The largest absolute Gasteiger partial charge is 0.432 e. The molecule has 0 fully saturated rings. The van der Waals surface area contributed by atoms with Gasteiger partial charge in [-0.2, -0.15) is 0 Å². The molecule has 0 unspecified atom stereocenters. The maximum Gasteiger partial charge on any atom is 0.228 e. The van der Waals surface area contributed by atoms with E-state index in [2.05, 4.69) is 20.3 Å². The Balaban J connectivity index is 1.90. The predicted octanol–water partition coefficient (Wildman–Crippen LogP) is 4.71. The smallest absolute Gasteiger partial charge is 0.228 e. The predicted molar refractivity (Wildman–Crippen MR) is 107 cm³/mol. The van der Waals surface area contributed by atoms with Crippen molar-refractivity contribution in [2.45, 2.75) is 13.8 Å². The van der Waals surface area contributed by atoms with Gasteiger partial charge < -0.3 is 14.7 Å². The molecule has 4 aromatic rings. The van der Waals surface area contributed by atoms with Crippen LogP contribution >= 0.6 is 11.6 Å². The van der Waals surface area contributed by atoms with Crippen molar-refractivity contribution >= 4 is 23.3 Å². The molecule has 4 rings (SSSR count). The fourth-order valence-corrected chi connectivity index (χ4v) is 3.05. The molecule has 0 saturated heterocycles. The second-order valence-electron chi connectivity index (χ2n) is 6.18. The van der Waals surface area contributed by atoms with E-state index in [-0.39, 0.29) is 5.91 Å². The average molecular weight is 394 g/mol. The number of aromatic amines is 1. The van der Waals surface area contributed by atoms with E-state index in [0.29, 0.717) is 39.6 Å². The number of hydrogen-bond acceptors (Lipinski definition) is 5. The number of nitrogens with zero attached hydrogens (tertiary/aromatic N) is 3. The van der Waals surface area contributed by atoms with E-state index >= 15 is 0 Å². The molecule has 0 radical (unpaired) electrons. The molecule has 3 aromatic heterocycles. The van der Waals surface area contributed by atoms with Crippen LogP contribution in [-0.4, -0.2) is 25.8 Å². The topological polar surface area (TPSA) is 96.7 Å². The third-order valence-corrected chi connectivity index (χ3v) is 4.44. The Bertz CT molecular complexity index is 1150. The van der Waals surface area contributed by atoms with Crippen LogP contribution in [0, 0.1) is 6.92 Å². The molecule has 140 valence electrons. The Hall–Kier alpha value is -3.45. The van der Waals surface area contributed by atoms with E-state index in [4.69, 9.17) is 21.0 Å². The number of aryl methyl sites for hydroxylation is 1. The molecule has 1 amide bonds. The standard InChI is InChI=1S/C20H16ClN5O2/c1-11-10-24-16(25-12(2)27)9-14(11)20-26-17(13-5-3-4-6-15(13)21)18(28-20)19-22-7-8-23-19/h3-10H,1-2H3,(H,22,23)(H,24,25,27). The van der Waals surface area contributed by atoms with Crippen LogP contribution in [0.2, 0.25) is 5.02 Å². The minimum Gasteiger partial charge on any atom is -0.432 e. The minimum absolute atomic E-state index is 0.206. The van der Waals surface area contributed by atoms with Crippen molar-refractivity contribution in [3.05, 3.63) is 59.5 Å². The number of oxazole rings is 1. The zero-order chi connectivity index (χ0) is 19.7. The van der Waals surface area contributed by atoms with Crippen LogP contribution in [0.3, 0.4) is 0 Å². The fourth-order valence-electron chi connectivity index (χ4n) is 2.82. The molecular formula is C20H16ClN5O2.